The Morgan fingerprint density at radius 2 is 2.28 bits per heavy atom. The fourth-order valence-corrected chi connectivity index (χ4v) is 3.02. The Morgan fingerprint density at radius 1 is 1.50 bits per heavy atom. The molecule has 2 unspecified atom stereocenters. The second-order valence-electron chi connectivity index (χ2n) is 5.56. The molecule has 2 atom stereocenters. The molecule has 0 spiro atoms. The van der Waals surface area contributed by atoms with E-state index in [1.807, 2.05) is 10.9 Å². The number of aromatic nitrogens is 2. The monoisotopic (exact) mass is 250 g/mol. The van der Waals surface area contributed by atoms with Crippen LogP contribution < -0.4 is 5.73 Å². The molecule has 1 aromatic rings. The van der Waals surface area contributed by atoms with E-state index in [1.54, 1.807) is 0 Å². The molecule has 0 bridgehead atoms. The van der Waals surface area contributed by atoms with Crippen molar-refractivity contribution in [1.82, 2.24) is 14.7 Å². The Morgan fingerprint density at radius 3 is 2.83 bits per heavy atom. The van der Waals surface area contributed by atoms with E-state index in [0.717, 1.165) is 13.1 Å². The molecule has 1 aliphatic heterocycles. The molecule has 1 fully saturated rings. The maximum absolute atomic E-state index is 5.96. The van der Waals surface area contributed by atoms with E-state index in [1.165, 1.54) is 24.9 Å². The van der Waals surface area contributed by atoms with Gasteiger partial charge in [-0.3, -0.25) is 9.58 Å². The molecule has 0 amide bonds. The third-order valence-electron chi connectivity index (χ3n) is 4.06. The highest BCUT2D eigenvalue weighted by atomic mass is 15.3. The van der Waals surface area contributed by atoms with E-state index in [2.05, 4.69) is 37.0 Å². The minimum Gasteiger partial charge on any atom is -0.330 e. The summed E-state index contributed by atoms with van der Waals surface area (Å²) in [7, 11) is 0. The Hall–Kier alpha value is -0.870. The Labute approximate surface area is 110 Å². The van der Waals surface area contributed by atoms with Crippen molar-refractivity contribution >= 4 is 0 Å². The van der Waals surface area contributed by atoms with E-state index in [9.17, 15) is 0 Å². The average Bonchev–Trinajstić information content (AvgIpc) is 2.87. The fourth-order valence-electron chi connectivity index (χ4n) is 3.02. The van der Waals surface area contributed by atoms with E-state index in [0.29, 0.717) is 18.0 Å². The van der Waals surface area contributed by atoms with Crippen LogP contribution in [-0.2, 0) is 0 Å². The minimum absolute atomic E-state index is 0.425. The summed E-state index contributed by atoms with van der Waals surface area (Å²) in [5.41, 5.74) is 7.29. The highest BCUT2D eigenvalue weighted by Gasteiger charge is 2.31. The summed E-state index contributed by atoms with van der Waals surface area (Å²) >= 11 is 0. The predicted octanol–water partition coefficient (Wildman–Crippen LogP) is 2.20. The lowest BCUT2D eigenvalue weighted by molar-refractivity contribution is 0.102. The van der Waals surface area contributed by atoms with Crippen molar-refractivity contribution < 1.29 is 0 Å². The van der Waals surface area contributed by atoms with Gasteiger partial charge in [0.1, 0.15) is 0 Å². The molecule has 102 valence electrons. The summed E-state index contributed by atoms with van der Waals surface area (Å²) in [6, 6.07) is 0.884. The maximum Gasteiger partial charge on any atom is 0.0537 e. The van der Waals surface area contributed by atoms with Crippen molar-refractivity contribution in [3.05, 3.63) is 18.0 Å². The van der Waals surface area contributed by atoms with Gasteiger partial charge in [-0.2, -0.15) is 5.10 Å². The number of hydrogen-bond donors (Lipinski definition) is 1. The van der Waals surface area contributed by atoms with Gasteiger partial charge in [0.05, 0.1) is 6.20 Å². The largest absolute Gasteiger partial charge is 0.330 e. The lowest BCUT2D eigenvalue weighted by atomic mass is 9.86. The smallest absolute Gasteiger partial charge is 0.0537 e. The second-order valence-corrected chi connectivity index (χ2v) is 5.56. The zero-order valence-electron chi connectivity index (χ0n) is 11.8. The Bertz CT molecular complexity index is 360. The van der Waals surface area contributed by atoms with E-state index < -0.39 is 0 Å². The summed E-state index contributed by atoms with van der Waals surface area (Å²) < 4.78 is 2.05. The molecule has 4 nitrogen and oxygen atoms in total. The normalized spacial score (nSPS) is 25.8. The number of likely N-dealkylation sites (tertiary alicyclic amines) is 1. The first-order valence-electron chi connectivity index (χ1n) is 7.15. The first-order chi connectivity index (χ1) is 8.67. The van der Waals surface area contributed by atoms with Crippen LogP contribution in [0.2, 0.25) is 0 Å². The Kier molecular flexibility index (Phi) is 4.40. The predicted molar refractivity (Wildman–Crippen MR) is 74.4 cm³/mol. The molecule has 0 radical (unpaired) electrons. The van der Waals surface area contributed by atoms with Gasteiger partial charge < -0.3 is 5.73 Å². The van der Waals surface area contributed by atoms with Gasteiger partial charge in [-0.15, -0.1) is 0 Å². The van der Waals surface area contributed by atoms with Crippen LogP contribution in [-0.4, -0.2) is 34.3 Å². The van der Waals surface area contributed by atoms with E-state index in [4.69, 9.17) is 5.73 Å². The summed E-state index contributed by atoms with van der Waals surface area (Å²) in [5, 5.41) is 4.48. The van der Waals surface area contributed by atoms with Crippen LogP contribution in [0.5, 0.6) is 0 Å². The number of nitrogens with two attached hydrogens (primary N) is 1. The van der Waals surface area contributed by atoms with Gasteiger partial charge in [-0.05, 0) is 52.2 Å². The molecule has 0 aromatic carbocycles. The molecular formula is C14H26N4. The fraction of sp³-hybridized carbons (Fsp3) is 0.786. The molecule has 2 N–H and O–H groups in total. The highest BCUT2D eigenvalue weighted by molar-refractivity contribution is 5.14. The molecule has 2 heterocycles. The minimum atomic E-state index is 0.425. The molecule has 2 rings (SSSR count). The van der Waals surface area contributed by atoms with Gasteiger partial charge in [-0.1, -0.05) is 6.92 Å². The quantitative estimate of drug-likeness (QED) is 0.891. The molecule has 4 heteroatoms. The molecule has 0 saturated carbocycles. The van der Waals surface area contributed by atoms with Crippen LogP contribution in [0, 0.1) is 5.92 Å². The number of rotatable bonds is 4. The van der Waals surface area contributed by atoms with Crippen LogP contribution in [0.3, 0.4) is 0 Å². The summed E-state index contributed by atoms with van der Waals surface area (Å²) in [6.45, 7) is 9.61. The van der Waals surface area contributed by atoms with Crippen LogP contribution in [0.15, 0.2) is 12.4 Å². The van der Waals surface area contributed by atoms with E-state index >= 15 is 0 Å². The topological polar surface area (TPSA) is 47.1 Å². The van der Waals surface area contributed by atoms with Crippen LogP contribution in [0.25, 0.3) is 0 Å². The summed E-state index contributed by atoms with van der Waals surface area (Å²) in [4.78, 5) is 2.54. The first kappa shape index (κ1) is 13.6. The molecule has 1 aromatic heterocycles. The summed E-state index contributed by atoms with van der Waals surface area (Å²) in [5.74, 6) is 0.573. The zero-order chi connectivity index (χ0) is 13.1. The van der Waals surface area contributed by atoms with Crippen molar-refractivity contribution in [2.24, 2.45) is 11.7 Å². The van der Waals surface area contributed by atoms with Crippen LogP contribution in [0.4, 0.5) is 0 Å². The van der Waals surface area contributed by atoms with Gasteiger partial charge in [0.2, 0.25) is 0 Å². The average molecular weight is 250 g/mol. The molecule has 18 heavy (non-hydrogen) atoms. The number of nitrogens with zero attached hydrogens (tertiary/aromatic N) is 3. The maximum atomic E-state index is 5.96. The lowest BCUT2D eigenvalue weighted by Crippen LogP contribution is -2.41. The molecule has 0 aliphatic carbocycles. The van der Waals surface area contributed by atoms with Gasteiger partial charge >= 0.3 is 0 Å². The molecule has 1 saturated heterocycles. The van der Waals surface area contributed by atoms with Crippen LogP contribution in [0.1, 0.15) is 51.3 Å². The van der Waals surface area contributed by atoms with Gasteiger partial charge in [-0.25, -0.2) is 0 Å². The highest BCUT2D eigenvalue weighted by Crippen LogP contribution is 2.35. The summed E-state index contributed by atoms with van der Waals surface area (Å²) in [6.07, 6.45) is 6.74. The number of piperidine rings is 1. The molecule has 1 aliphatic rings. The lowest BCUT2D eigenvalue weighted by Gasteiger charge is -2.40. The third-order valence-corrected chi connectivity index (χ3v) is 4.06. The third kappa shape index (κ3) is 2.59. The van der Waals surface area contributed by atoms with Crippen molar-refractivity contribution in [2.75, 3.05) is 19.6 Å². The van der Waals surface area contributed by atoms with Crippen molar-refractivity contribution in [1.29, 1.82) is 0 Å². The van der Waals surface area contributed by atoms with Crippen LogP contribution >= 0.6 is 0 Å². The van der Waals surface area contributed by atoms with Crippen molar-refractivity contribution in [2.45, 2.75) is 45.7 Å². The SMILES string of the molecule is CCN1CCCC(CN)C1c1cnn(C(C)C)c1. The second kappa shape index (κ2) is 5.85. The van der Waals surface area contributed by atoms with Gasteiger partial charge in [0.15, 0.2) is 0 Å². The standard InChI is InChI=1S/C14H26N4/c1-4-17-7-5-6-12(8-15)14(17)13-9-16-18(10-13)11(2)3/h9-12,14H,4-8,15H2,1-3H3. The van der Waals surface area contributed by atoms with Crippen molar-refractivity contribution in [3.8, 4) is 0 Å². The molecular weight excluding hydrogens is 224 g/mol. The van der Waals surface area contributed by atoms with Crippen molar-refractivity contribution in [3.63, 3.8) is 0 Å². The zero-order valence-corrected chi connectivity index (χ0v) is 11.8. The Balaban J connectivity index is 2.24. The van der Waals surface area contributed by atoms with Gasteiger partial charge in [0, 0.05) is 23.8 Å². The number of hydrogen-bond acceptors (Lipinski definition) is 3. The first-order valence-corrected chi connectivity index (χ1v) is 7.15. The van der Waals surface area contributed by atoms with Gasteiger partial charge in [0.25, 0.3) is 0 Å². The van der Waals surface area contributed by atoms with E-state index in [-0.39, 0.29) is 0 Å².